The molecule has 1 fully saturated rings. The molecule has 1 aliphatic rings. The van der Waals surface area contributed by atoms with Crippen LogP contribution >= 0.6 is 11.6 Å². The van der Waals surface area contributed by atoms with Gasteiger partial charge in [0.15, 0.2) is 0 Å². The molecule has 2 nitrogen and oxygen atoms in total. The first kappa shape index (κ1) is 11.8. The summed E-state index contributed by atoms with van der Waals surface area (Å²) in [5.74, 6) is 0. The number of carbonyl (C=O) groups is 1. The van der Waals surface area contributed by atoms with Gasteiger partial charge in [-0.15, -0.1) is 0 Å². The number of carbonyl (C=O) groups excluding carboxylic acids is 1. The van der Waals surface area contributed by atoms with Gasteiger partial charge in [-0.3, -0.25) is 4.79 Å². The summed E-state index contributed by atoms with van der Waals surface area (Å²) in [7, 11) is 0. The molecule has 0 N–H and O–H groups in total. The Bertz CT molecular complexity index is 178. The quantitative estimate of drug-likeness (QED) is 0.519. The van der Waals surface area contributed by atoms with E-state index in [4.69, 9.17) is 11.6 Å². The van der Waals surface area contributed by atoms with Gasteiger partial charge in [0.25, 0.3) is 0 Å². The van der Waals surface area contributed by atoms with Gasteiger partial charge in [-0.25, -0.2) is 0 Å². The summed E-state index contributed by atoms with van der Waals surface area (Å²) < 4.78 is 0. The molecule has 1 saturated carbocycles. The van der Waals surface area contributed by atoms with Crippen LogP contribution in [0.2, 0.25) is 0 Å². The van der Waals surface area contributed by atoms with E-state index < -0.39 is 0 Å². The number of unbranched alkanes of at least 4 members (excludes halogenated alkanes) is 1. The molecule has 0 saturated heterocycles. The average Bonchev–Trinajstić information content (AvgIpc) is 2.19. The topological polar surface area (TPSA) is 20.3 Å². The molecular formula is C11H20ClNO. The van der Waals surface area contributed by atoms with E-state index in [-0.39, 0.29) is 5.37 Å². The first-order chi connectivity index (χ1) is 6.75. The van der Waals surface area contributed by atoms with E-state index in [0.717, 1.165) is 32.2 Å². The molecule has 0 aromatic rings. The first-order valence-corrected chi connectivity index (χ1v) is 6.09. The van der Waals surface area contributed by atoms with E-state index in [1.54, 1.807) is 0 Å². The molecule has 0 unspecified atom stereocenters. The Balaban J connectivity index is 2.43. The van der Waals surface area contributed by atoms with Crippen molar-refractivity contribution in [2.45, 2.75) is 57.9 Å². The van der Waals surface area contributed by atoms with Crippen LogP contribution in [0.15, 0.2) is 0 Å². The summed E-state index contributed by atoms with van der Waals surface area (Å²) in [5, 5.41) is -0.259. The van der Waals surface area contributed by atoms with Crippen molar-refractivity contribution in [3.63, 3.8) is 0 Å². The molecule has 0 spiro atoms. The third-order valence-corrected chi connectivity index (χ3v) is 3.21. The molecule has 1 rings (SSSR count). The summed E-state index contributed by atoms with van der Waals surface area (Å²) in [6.45, 7) is 2.97. The van der Waals surface area contributed by atoms with Crippen molar-refractivity contribution in [1.29, 1.82) is 0 Å². The second kappa shape index (κ2) is 6.28. The Hall–Kier alpha value is -0.240. The highest BCUT2D eigenvalue weighted by atomic mass is 35.5. The maximum Gasteiger partial charge on any atom is 0.316 e. The number of rotatable bonds is 4. The molecule has 0 aromatic carbocycles. The molecule has 0 aliphatic heterocycles. The van der Waals surface area contributed by atoms with Crippen LogP contribution in [0.4, 0.5) is 4.79 Å². The van der Waals surface area contributed by atoms with Gasteiger partial charge >= 0.3 is 5.37 Å². The molecule has 1 amide bonds. The molecule has 0 heterocycles. The smallest absolute Gasteiger partial charge is 0.316 e. The zero-order valence-electron chi connectivity index (χ0n) is 8.97. The van der Waals surface area contributed by atoms with Crippen LogP contribution in [0.1, 0.15) is 51.9 Å². The zero-order chi connectivity index (χ0) is 10.4. The molecule has 0 radical (unpaired) electrons. The Kier molecular flexibility index (Phi) is 5.31. The van der Waals surface area contributed by atoms with Crippen LogP contribution in [0.25, 0.3) is 0 Å². The Morgan fingerprint density at radius 2 is 2.00 bits per heavy atom. The second-order valence-electron chi connectivity index (χ2n) is 4.09. The molecule has 0 atom stereocenters. The number of hydrogen-bond donors (Lipinski definition) is 0. The zero-order valence-corrected chi connectivity index (χ0v) is 9.72. The minimum Gasteiger partial charge on any atom is -0.326 e. The van der Waals surface area contributed by atoms with Gasteiger partial charge < -0.3 is 4.90 Å². The molecular weight excluding hydrogens is 198 g/mol. The SMILES string of the molecule is CCCCN(C(=O)Cl)C1CCCCC1. The highest BCUT2D eigenvalue weighted by Crippen LogP contribution is 2.23. The molecule has 3 heteroatoms. The van der Waals surface area contributed by atoms with Crippen molar-refractivity contribution in [1.82, 2.24) is 4.90 Å². The maximum atomic E-state index is 11.2. The molecule has 1 aliphatic carbocycles. The highest BCUT2D eigenvalue weighted by Gasteiger charge is 2.23. The van der Waals surface area contributed by atoms with Crippen LogP contribution < -0.4 is 0 Å². The van der Waals surface area contributed by atoms with E-state index >= 15 is 0 Å². The Morgan fingerprint density at radius 1 is 1.36 bits per heavy atom. The van der Waals surface area contributed by atoms with E-state index in [1.807, 2.05) is 4.90 Å². The summed E-state index contributed by atoms with van der Waals surface area (Å²) in [6.07, 6.45) is 8.27. The predicted octanol–water partition coefficient (Wildman–Crippen LogP) is 3.78. The number of amides is 1. The lowest BCUT2D eigenvalue weighted by Gasteiger charge is -2.32. The Morgan fingerprint density at radius 3 is 2.50 bits per heavy atom. The fourth-order valence-corrected chi connectivity index (χ4v) is 2.36. The number of nitrogens with zero attached hydrogens (tertiary/aromatic N) is 1. The lowest BCUT2D eigenvalue weighted by molar-refractivity contribution is 0.175. The van der Waals surface area contributed by atoms with Crippen LogP contribution in [-0.2, 0) is 0 Å². The number of hydrogen-bond acceptors (Lipinski definition) is 1. The van der Waals surface area contributed by atoms with Crippen LogP contribution in [-0.4, -0.2) is 22.9 Å². The lowest BCUT2D eigenvalue weighted by Crippen LogP contribution is -2.39. The minimum atomic E-state index is -0.259. The normalized spacial score (nSPS) is 18.1. The summed E-state index contributed by atoms with van der Waals surface area (Å²) >= 11 is 5.60. The van der Waals surface area contributed by atoms with Gasteiger partial charge in [-0.1, -0.05) is 32.6 Å². The summed E-state index contributed by atoms with van der Waals surface area (Å²) in [6, 6.07) is 0.417. The third-order valence-electron chi connectivity index (χ3n) is 2.99. The van der Waals surface area contributed by atoms with Crippen molar-refractivity contribution in [2.75, 3.05) is 6.54 Å². The van der Waals surface area contributed by atoms with Crippen molar-refractivity contribution in [3.05, 3.63) is 0 Å². The predicted molar refractivity (Wildman–Crippen MR) is 59.7 cm³/mol. The Labute approximate surface area is 91.6 Å². The molecule has 14 heavy (non-hydrogen) atoms. The highest BCUT2D eigenvalue weighted by molar-refractivity contribution is 6.62. The monoisotopic (exact) mass is 217 g/mol. The van der Waals surface area contributed by atoms with Crippen molar-refractivity contribution < 1.29 is 4.79 Å². The molecule has 82 valence electrons. The van der Waals surface area contributed by atoms with Gasteiger partial charge in [-0.2, -0.15) is 0 Å². The maximum absolute atomic E-state index is 11.2. The van der Waals surface area contributed by atoms with Crippen molar-refractivity contribution in [3.8, 4) is 0 Å². The van der Waals surface area contributed by atoms with E-state index in [9.17, 15) is 4.79 Å². The van der Waals surface area contributed by atoms with Gasteiger partial charge in [-0.05, 0) is 30.9 Å². The largest absolute Gasteiger partial charge is 0.326 e. The van der Waals surface area contributed by atoms with E-state index in [0.29, 0.717) is 6.04 Å². The second-order valence-corrected chi connectivity index (χ2v) is 4.42. The van der Waals surface area contributed by atoms with Gasteiger partial charge in [0.1, 0.15) is 0 Å². The summed E-state index contributed by atoms with van der Waals surface area (Å²) in [5.41, 5.74) is 0. The van der Waals surface area contributed by atoms with Gasteiger partial charge in [0.2, 0.25) is 0 Å². The number of halogens is 1. The van der Waals surface area contributed by atoms with Gasteiger partial charge in [0.05, 0.1) is 0 Å². The van der Waals surface area contributed by atoms with E-state index in [1.165, 1.54) is 19.3 Å². The van der Waals surface area contributed by atoms with Crippen LogP contribution in [0, 0.1) is 0 Å². The lowest BCUT2D eigenvalue weighted by atomic mass is 9.94. The fraction of sp³-hybridized carbons (Fsp3) is 0.909. The van der Waals surface area contributed by atoms with Crippen LogP contribution in [0.5, 0.6) is 0 Å². The fourth-order valence-electron chi connectivity index (χ4n) is 2.14. The average molecular weight is 218 g/mol. The summed E-state index contributed by atoms with van der Waals surface area (Å²) in [4.78, 5) is 13.1. The third kappa shape index (κ3) is 3.49. The van der Waals surface area contributed by atoms with E-state index in [2.05, 4.69) is 6.92 Å². The first-order valence-electron chi connectivity index (χ1n) is 5.71. The van der Waals surface area contributed by atoms with Crippen molar-refractivity contribution >= 4 is 17.0 Å². The van der Waals surface area contributed by atoms with Gasteiger partial charge in [0, 0.05) is 12.6 Å². The molecule has 0 bridgehead atoms. The van der Waals surface area contributed by atoms with Crippen LogP contribution in [0.3, 0.4) is 0 Å². The minimum absolute atomic E-state index is 0.259. The van der Waals surface area contributed by atoms with Crippen molar-refractivity contribution in [2.24, 2.45) is 0 Å². The molecule has 0 aromatic heterocycles. The standard InChI is InChI=1S/C11H20ClNO/c1-2-3-9-13(11(12)14)10-7-5-4-6-8-10/h10H,2-9H2,1H3.